The third-order valence-corrected chi connectivity index (χ3v) is 1.50. The zero-order valence-corrected chi connectivity index (χ0v) is 9.13. The smallest absolute Gasteiger partial charge is 0.309 e. The zero-order chi connectivity index (χ0) is 10.6. The van der Waals surface area contributed by atoms with Crippen LogP contribution in [0.1, 0.15) is 41.0 Å². The van der Waals surface area contributed by atoms with Crippen LogP contribution in [0.25, 0.3) is 0 Å². The molecule has 0 aromatic carbocycles. The molecule has 0 unspecified atom stereocenters. The Morgan fingerprint density at radius 1 is 1.38 bits per heavy atom. The first kappa shape index (κ1) is 12.4. The number of aliphatic hydroxyl groups excluding tert-OH is 1. The molecule has 0 radical (unpaired) electrons. The van der Waals surface area contributed by atoms with Gasteiger partial charge in [-0.15, -0.1) is 0 Å². The highest BCUT2D eigenvalue weighted by molar-refractivity contribution is 5.72. The minimum Gasteiger partial charge on any atom is -0.460 e. The lowest BCUT2D eigenvalue weighted by Crippen LogP contribution is -2.28. The van der Waals surface area contributed by atoms with Gasteiger partial charge in [-0.2, -0.15) is 0 Å². The van der Waals surface area contributed by atoms with Crippen molar-refractivity contribution in [2.75, 3.05) is 0 Å². The van der Waals surface area contributed by atoms with Crippen LogP contribution in [-0.4, -0.2) is 22.8 Å². The summed E-state index contributed by atoms with van der Waals surface area (Å²) >= 11 is 0. The fourth-order valence-electron chi connectivity index (χ4n) is 1.01. The van der Waals surface area contributed by atoms with Crippen molar-refractivity contribution in [2.45, 2.75) is 52.7 Å². The third kappa shape index (κ3) is 6.58. The molecule has 2 atom stereocenters. The molecular formula is C10H20O3. The molecule has 0 aromatic rings. The molecule has 0 amide bonds. The Balaban J connectivity index is 3.97. The second-order valence-corrected chi connectivity index (χ2v) is 4.52. The standard InChI is InChI=1S/C10H20O3/c1-7(6-8(2)11)9(12)13-10(3,4)5/h7-8,11H,6H2,1-5H3/t7-,8-/m1/s1. The summed E-state index contributed by atoms with van der Waals surface area (Å²) in [5.41, 5.74) is -0.440. The molecule has 0 fully saturated rings. The van der Waals surface area contributed by atoms with Crippen LogP contribution in [-0.2, 0) is 9.53 Å². The van der Waals surface area contributed by atoms with Gasteiger partial charge in [-0.1, -0.05) is 6.92 Å². The van der Waals surface area contributed by atoms with Crippen LogP contribution in [0.4, 0.5) is 0 Å². The number of hydrogen-bond donors (Lipinski definition) is 1. The van der Waals surface area contributed by atoms with Crippen molar-refractivity contribution < 1.29 is 14.6 Å². The van der Waals surface area contributed by atoms with Crippen molar-refractivity contribution in [3.63, 3.8) is 0 Å². The second kappa shape index (κ2) is 4.61. The summed E-state index contributed by atoms with van der Waals surface area (Å²) in [6.45, 7) is 8.93. The van der Waals surface area contributed by atoms with E-state index in [1.54, 1.807) is 13.8 Å². The fraction of sp³-hybridized carbons (Fsp3) is 0.900. The van der Waals surface area contributed by atoms with Gasteiger partial charge >= 0.3 is 5.97 Å². The van der Waals surface area contributed by atoms with Crippen molar-refractivity contribution in [1.82, 2.24) is 0 Å². The lowest BCUT2D eigenvalue weighted by Gasteiger charge is -2.22. The summed E-state index contributed by atoms with van der Waals surface area (Å²) in [6.07, 6.45) is -0.00271. The van der Waals surface area contributed by atoms with Crippen LogP contribution >= 0.6 is 0 Å². The van der Waals surface area contributed by atoms with Gasteiger partial charge in [-0.3, -0.25) is 4.79 Å². The van der Waals surface area contributed by atoms with E-state index in [9.17, 15) is 4.79 Å². The van der Waals surface area contributed by atoms with Crippen LogP contribution in [0.5, 0.6) is 0 Å². The molecule has 0 aromatic heterocycles. The van der Waals surface area contributed by atoms with Crippen LogP contribution in [0.15, 0.2) is 0 Å². The van der Waals surface area contributed by atoms with Crippen LogP contribution in [0.3, 0.4) is 0 Å². The topological polar surface area (TPSA) is 46.5 Å². The van der Waals surface area contributed by atoms with Crippen molar-refractivity contribution in [3.8, 4) is 0 Å². The predicted octanol–water partition coefficient (Wildman–Crippen LogP) is 1.74. The Morgan fingerprint density at radius 3 is 2.15 bits per heavy atom. The van der Waals surface area contributed by atoms with Gasteiger partial charge < -0.3 is 9.84 Å². The van der Waals surface area contributed by atoms with Crippen molar-refractivity contribution >= 4 is 5.97 Å². The maximum Gasteiger partial charge on any atom is 0.309 e. The average Bonchev–Trinajstić information content (AvgIpc) is 1.81. The summed E-state index contributed by atoms with van der Waals surface area (Å²) in [6, 6.07) is 0. The Labute approximate surface area is 80.1 Å². The van der Waals surface area contributed by atoms with Gasteiger partial charge in [-0.25, -0.2) is 0 Å². The summed E-state index contributed by atoms with van der Waals surface area (Å²) in [4.78, 5) is 11.4. The number of esters is 1. The van der Waals surface area contributed by atoms with Gasteiger partial charge in [0.05, 0.1) is 12.0 Å². The molecule has 0 rings (SSSR count). The van der Waals surface area contributed by atoms with Gasteiger partial charge in [0.15, 0.2) is 0 Å². The number of rotatable bonds is 3. The fourth-order valence-corrected chi connectivity index (χ4v) is 1.01. The summed E-state index contributed by atoms with van der Waals surface area (Å²) in [7, 11) is 0. The van der Waals surface area contributed by atoms with E-state index in [4.69, 9.17) is 9.84 Å². The molecule has 1 N–H and O–H groups in total. The molecular weight excluding hydrogens is 168 g/mol. The zero-order valence-electron chi connectivity index (χ0n) is 9.13. The maximum absolute atomic E-state index is 11.4. The molecule has 3 nitrogen and oxygen atoms in total. The summed E-state index contributed by atoms with van der Waals surface area (Å²) in [5.74, 6) is -0.479. The predicted molar refractivity (Wildman–Crippen MR) is 51.3 cm³/mol. The SMILES string of the molecule is C[C@H](C[C@@H](C)O)C(=O)OC(C)(C)C. The van der Waals surface area contributed by atoms with Gasteiger partial charge in [-0.05, 0) is 34.1 Å². The number of carbonyl (C=O) groups excluding carboxylic acids is 1. The first-order valence-corrected chi connectivity index (χ1v) is 4.63. The first-order chi connectivity index (χ1) is 5.72. The van der Waals surface area contributed by atoms with E-state index < -0.39 is 11.7 Å². The Kier molecular flexibility index (Phi) is 4.40. The third-order valence-electron chi connectivity index (χ3n) is 1.50. The maximum atomic E-state index is 11.4. The Morgan fingerprint density at radius 2 is 1.85 bits per heavy atom. The molecule has 3 heteroatoms. The van der Waals surface area contributed by atoms with Crippen molar-refractivity contribution in [2.24, 2.45) is 5.92 Å². The van der Waals surface area contributed by atoms with Crippen LogP contribution < -0.4 is 0 Å². The van der Waals surface area contributed by atoms with Crippen molar-refractivity contribution in [1.29, 1.82) is 0 Å². The van der Waals surface area contributed by atoms with E-state index in [1.807, 2.05) is 20.8 Å². The molecule has 0 spiro atoms. The van der Waals surface area contributed by atoms with E-state index in [0.717, 1.165) is 0 Å². The number of carbonyl (C=O) groups is 1. The van der Waals surface area contributed by atoms with E-state index >= 15 is 0 Å². The molecule has 13 heavy (non-hydrogen) atoms. The lowest BCUT2D eigenvalue weighted by molar-refractivity contribution is -0.160. The minimum absolute atomic E-state index is 0.237. The molecule has 0 aliphatic carbocycles. The molecule has 0 heterocycles. The number of hydrogen-bond acceptors (Lipinski definition) is 3. The van der Waals surface area contributed by atoms with E-state index in [2.05, 4.69) is 0 Å². The van der Waals surface area contributed by atoms with E-state index in [1.165, 1.54) is 0 Å². The van der Waals surface area contributed by atoms with Crippen LogP contribution in [0, 0.1) is 5.92 Å². The number of aliphatic hydroxyl groups is 1. The highest BCUT2D eigenvalue weighted by Gasteiger charge is 2.22. The summed E-state index contributed by atoms with van der Waals surface area (Å²) in [5, 5.41) is 9.06. The average molecular weight is 188 g/mol. The largest absolute Gasteiger partial charge is 0.460 e. The minimum atomic E-state index is -0.456. The van der Waals surface area contributed by atoms with Crippen LogP contribution in [0.2, 0.25) is 0 Å². The lowest BCUT2D eigenvalue weighted by atomic mass is 10.0. The quantitative estimate of drug-likeness (QED) is 0.686. The summed E-state index contributed by atoms with van der Waals surface area (Å²) < 4.78 is 5.15. The second-order valence-electron chi connectivity index (χ2n) is 4.52. The molecule has 0 aliphatic heterocycles. The first-order valence-electron chi connectivity index (χ1n) is 4.63. The van der Waals surface area contributed by atoms with Gasteiger partial charge in [0, 0.05) is 0 Å². The monoisotopic (exact) mass is 188 g/mol. The van der Waals surface area contributed by atoms with Gasteiger partial charge in [0.1, 0.15) is 5.60 Å². The number of ether oxygens (including phenoxy) is 1. The Hall–Kier alpha value is -0.570. The molecule has 78 valence electrons. The van der Waals surface area contributed by atoms with Gasteiger partial charge in [0.25, 0.3) is 0 Å². The van der Waals surface area contributed by atoms with E-state index in [-0.39, 0.29) is 11.9 Å². The highest BCUT2D eigenvalue weighted by Crippen LogP contribution is 2.14. The van der Waals surface area contributed by atoms with Crippen molar-refractivity contribution in [3.05, 3.63) is 0 Å². The molecule has 0 aliphatic rings. The molecule has 0 saturated heterocycles. The normalized spacial score (nSPS) is 16.5. The Bertz CT molecular complexity index is 167. The molecule has 0 saturated carbocycles. The molecule has 0 bridgehead atoms. The highest BCUT2D eigenvalue weighted by atomic mass is 16.6. The van der Waals surface area contributed by atoms with E-state index in [0.29, 0.717) is 6.42 Å². The van der Waals surface area contributed by atoms with Gasteiger partial charge in [0.2, 0.25) is 0 Å².